The number of hydrogen-bond donors (Lipinski definition) is 1. The number of thiazole rings is 1. The highest BCUT2D eigenvalue weighted by molar-refractivity contribution is 7.14. The first-order valence-corrected chi connectivity index (χ1v) is 11.6. The van der Waals surface area contributed by atoms with E-state index >= 15 is 0 Å². The molecule has 4 nitrogen and oxygen atoms in total. The van der Waals surface area contributed by atoms with Gasteiger partial charge in [-0.05, 0) is 44.2 Å². The van der Waals surface area contributed by atoms with Crippen LogP contribution in [0.4, 0.5) is 5.13 Å². The summed E-state index contributed by atoms with van der Waals surface area (Å²) < 4.78 is 0. The lowest BCUT2D eigenvalue weighted by atomic mass is 9.76. The summed E-state index contributed by atoms with van der Waals surface area (Å²) in [5.41, 5.74) is 1.46. The zero-order valence-corrected chi connectivity index (χ0v) is 18.2. The molecule has 2 aromatic rings. The SMILES string of the molecule is Cc1ccc(CN(CCC(=O)O)c2nc(C3(CC(C)C)CCCC3)cs2)s1. The topological polar surface area (TPSA) is 53.4 Å². The zero-order valence-electron chi connectivity index (χ0n) is 16.5. The zero-order chi connectivity index (χ0) is 19.4. The molecule has 0 amide bonds. The molecule has 3 rings (SSSR count). The van der Waals surface area contributed by atoms with Crippen molar-refractivity contribution in [3.05, 3.63) is 33.0 Å². The van der Waals surface area contributed by atoms with Crippen molar-refractivity contribution in [2.24, 2.45) is 5.92 Å². The summed E-state index contributed by atoms with van der Waals surface area (Å²) in [6.07, 6.45) is 6.36. The molecule has 1 N–H and O–H groups in total. The van der Waals surface area contributed by atoms with Crippen LogP contribution >= 0.6 is 22.7 Å². The number of aromatic nitrogens is 1. The summed E-state index contributed by atoms with van der Waals surface area (Å²) in [6, 6.07) is 4.26. The summed E-state index contributed by atoms with van der Waals surface area (Å²) in [6.45, 7) is 7.93. The van der Waals surface area contributed by atoms with Crippen LogP contribution in [0.1, 0.15) is 67.8 Å². The second-order valence-electron chi connectivity index (χ2n) is 8.18. The average molecular weight is 407 g/mol. The Balaban J connectivity index is 1.83. The lowest BCUT2D eigenvalue weighted by molar-refractivity contribution is -0.136. The van der Waals surface area contributed by atoms with E-state index in [-0.39, 0.29) is 11.8 Å². The maximum absolute atomic E-state index is 11.1. The number of carboxylic acid groups (broad SMARTS) is 1. The Morgan fingerprint density at radius 3 is 2.67 bits per heavy atom. The average Bonchev–Trinajstić information content (AvgIpc) is 3.32. The molecular weight excluding hydrogens is 376 g/mol. The quantitative estimate of drug-likeness (QED) is 0.567. The molecule has 0 bridgehead atoms. The smallest absolute Gasteiger partial charge is 0.305 e. The minimum absolute atomic E-state index is 0.135. The fraction of sp³-hybridized carbons (Fsp3) is 0.619. The minimum Gasteiger partial charge on any atom is -0.481 e. The number of carbonyl (C=O) groups is 1. The molecule has 1 fully saturated rings. The maximum atomic E-state index is 11.1. The fourth-order valence-electron chi connectivity index (χ4n) is 4.28. The van der Waals surface area contributed by atoms with E-state index in [1.54, 1.807) is 22.7 Å². The Morgan fingerprint density at radius 2 is 2.07 bits per heavy atom. The fourth-order valence-corrected chi connectivity index (χ4v) is 6.16. The van der Waals surface area contributed by atoms with Crippen molar-refractivity contribution in [1.82, 2.24) is 4.98 Å². The molecule has 2 heterocycles. The van der Waals surface area contributed by atoms with Gasteiger partial charge in [-0.3, -0.25) is 4.79 Å². The predicted molar refractivity (Wildman–Crippen MR) is 114 cm³/mol. The number of carboxylic acids is 1. The number of anilines is 1. The largest absolute Gasteiger partial charge is 0.481 e. The molecule has 27 heavy (non-hydrogen) atoms. The lowest BCUT2D eigenvalue weighted by Crippen LogP contribution is -2.27. The summed E-state index contributed by atoms with van der Waals surface area (Å²) >= 11 is 3.45. The van der Waals surface area contributed by atoms with Gasteiger partial charge >= 0.3 is 5.97 Å². The van der Waals surface area contributed by atoms with Gasteiger partial charge < -0.3 is 10.0 Å². The Morgan fingerprint density at radius 1 is 1.33 bits per heavy atom. The Hall–Kier alpha value is -1.40. The van der Waals surface area contributed by atoms with E-state index in [9.17, 15) is 4.79 Å². The molecule has 0 aromatic carbocycles. The van der Waals surface area contributed by atoms with Crippen molar-refractivity contribution in [3.8, 4) is 0 Å². The highest BCUT2D eigenvalue weighted by Gasteiger charge is 2.38. The summed E-state index contributed by atoms with van der Waals surface area (Å²) in [5, 5.41) is 12.4. The van der Waals surface area contributed by atoms with Gasteiger partial charge in [0, 0.05) is 27.1 Å². The van der Waals surface area contributed by atoms with Crippen molar-refractivity contribution in [2.45, 2.75) is 71.3 Å². The molecule has 0 aliphatic heterocycles. The van der Waals surface area contributed by atoms with Gasteiger partial charge in [0.25, 0.3) is 0 Å². The number of nitrogens with zero attached hydrogens (tertiary/aromatic N) is 2. The molecule has 0 radical (unpaired) electrons. The van der Waals surface area contributed by atoms with Crippen LogP contribution in [0.3, 0.4) is 0 Å². The van der Waals surface area contributed by atoms with E-state index in [0.717, 1.165) is 11.7 Å². The van der Waals surface area contributed by atoms with E-state index in [0.29, 0.717) is 12.5 Å². The van der Waals surface area contributed by atoms with Crippen molar-refractivity contribution in [1.29, 1.82) is 0 Å². The molecule has 1 aliphatic rings. The first-order chi connectivity index (χ1) is 12.9. The molecule has 2 aromatic heterocycles. The van der Waals surface area contributed by atoms with Crippen LogP contribution in [-0.2, 0) is 16.8 Å². The van der Waals surface area contributed by atoms with Crippen molar-refractivity contribution in [2.75, 3.05) is 11.4 Å². The van der Waals surface area contributed by atoms with Gasteiger partial charge in [-0.1, -0.05) is 26.7 Å². The van der Waals surface area contributed by atoms with Crippen molar-refractivity contribution in [3.63, 3.8) is 0 Å². The number of rotatable bonds is 9. The Kier molecular flexibility index (Phi) is 6.58. The van der Waals surface area contributed by atoms with Crippen LogP contribution in [0.15, 0.2) is 17.5 Å². The molecule has 0 saturated heterocycles. The van der Waals surface area contributed by atoms with E-state index < -0.39 is 5.97 Å². The molecule has 148 valence electrons. The first kappa shape index (κ1) is 20.3. The summed E-state index contributed by atoms with van der Waals surface area (Å²) in [4.78, 5) is 20.9. The van der Waals surface area contributed by atoms with E-state index in [2.05, 4.69) is 43.2 Å². The van der Waals surface area contributed by atoms with Crippen LogP contribution in [0.2, 0.25) is 0 Å². The molecule has 6 heteroatoms. The van der Waals surface area contributed by atoms with Crippen LogP contribution in [0, 0.1) is 12.8 Å². The van der Waals surface area contributed by atoms with Gasteiger partial charge in [-0.15, -0.1) is 22.7 Å². The maximum Gasteiger partial charge on any atom is 0.305 e. The third kappa shape index (κ3) is 5.11. The van der Waals surface area contributed by atoms with Crippen molar-refractivity contribution >= 4 is 33.8 Å². The highest BCUT2D eigenvalue weighted by Crippen LogP contribution is 2.46. The van der Waals surface area contributed by atoms with Crippen LogP contribution in [0.5, 0.6) is 0 Å². The van der Waals surface area contributed by atoms with E-state index in [1.807, 2.05) is 0 Å². The summed E-state index contributed by atoms with van der Waals surface area (Å²) in [5.74, 6) is -0.100. The Bertz CT molecular complexity index is 760. The molecule has 1 aliphatic carbocycles. The second-order valence-corrected chi connectivity index (χ2v) is 10.4. The molecule has 1 saturated carbocycles. The summed E-state index contributed by atoms with van der Waals surface area (Å²) in [7, 11) is 0. The van der Waals surface area contributed by atoms with Crippen LogP contribution in [-0.4, -0.2) is 22.6 Å². The van der Waals surface area contributed by atoms with Gasteiger partial charge in [-0.2, -0.15) is 0 Å². The minimum atomic E-state index is -0.758. The number of hydrogen-bond acceptors (Lipinski definition) is 5. The Labute approximate surface area is 170 Å². The van der Waals surface area contributed by atoms with Gasteiger partial charge in [0.2, 0.25) is 0 Å². The third-order valence-corrected chi connectivity index (χ3v) is 7.29. The van der Waals surface area contributed by atoms with Gasteiger partial charge in [0.05, 0.1) is 18.7 Å². The van der Waals surface area contributed by atoms with Crippen LogP contribution in [0.25, 0.3) is 0 Å². The third-order valence-electron chi connectivity index (χ3n) is 5.40. The number of aryl methyl sites for hydroxylation is 1. The van der Waals surface area contributed by atoms with Gasteiger partial charge in [0.1, 0.15) is 0 Å². The molecule has 0 atom stereocenters. The van der Waals surface area contributed by atoms with Gasteiger partial charge in [-0.25, -0.2) is 4.98 Å². The highest BCUT2D eigenvalue weighted by atomic mass is 32.1. The first-order valence-electron chi connectivity index (χ1n) is 9.86. The molecular formula is C21H30N2O2S2. The van der Waals surface area contributed by atoms with Gasteiger partial charge in [0.15, 0.2) is 5.13 Å². The second kappa shape index (κ2) is 8.74. The molecule has 0 spiro atoms. The van der Waals surface area contributed by atoms with E-state index in [1.165, 1.54) is 47.6 Å². The van der Waals surface area contributed by atoms with E-state index in [4.69, 9.17) is 10.1 Å². The predicted octanol–water partition coefficient (Wildman–Crippen LogP) is 5.85. The molecule has 0 unspecified atom stereocenters. The number of aliphatic carboxylic acids is 1. The lowest BCUT2D eigenvalue weighted by Gasteiger charge is -2.29. The standard InChI is InChI=1S/C21H30N2O2S2/c1-15(2)12-21(9-4-5-10-21)18-14-26-20(22-18)23(11-8-19(24)25)13-17-7-6-16(3)27-17/h6-7,14-15H,4-5,8-13H2,1-3H3,(H,24,25). The monoisotopic (exact) mass is 406 g/mol. The van der Waals surface area contributed by atoms with Crippen molar-refractivity contribution < 1.29 is 9.90 Å². The normalized spacial score (nSPS) is 16.1. The van der Waals surface area contributed by atoms with Crippen LogP contribution < -0.4 is 4.90 Å². The number of thiophene rings is 1.